The zero-order valence-electron chi connectivity index (χ0n) is 24.2. The number of halogens is 3. The van der Waals surface area contributed by atoms with Gasteiger partial charge in [0.05, 0.1) is 5.56 Å². The van der Waals surface area contributed by atoms with E-state index in [0.29, 0.717) is 10.6 Å². The lowest BCUT2D eigenvalue weighted by Gasteiger charge is -2.38. The van der Waals surface area contributed by atoms with Gasteiger partial charge in [0, 0.05) is 35.9 Å². The van der Waals surface area contributed by atoms with Crippen LogP contribution in [-0.2, 0) is 15.4 Å². The molecular weight excluding hydrogens is 599 g/mol. The maximum absolute atomic E-state index is 13.6. The minimum Gasteiger partial charge on any atom is -0.465 e. The Bertz CT molecular complexity index is 1610. The Morgan fingerprint density at radius 3 is 2.35 bits per heavy atom. The molecule has 228 valence electrons. The number of alkyl halides is 3. The number of carbonyl (C=O) groups excluding carboxylic acids is 1. The highest BCUT2D eigenvalue weighted by molar-refractivity contribution is 7.18. The van der Waals surface area contributed by atoms with Crippen molar-refractivity contribution in [1.82, 2.24) is 20.5 Å². The van der Waals surface area contributed by atoms with E-state index in [1.54, 1.807) is 12.4 Å². The molecule has 14 heteroatoms. The fraction of sp³-hybridized carbons (Fsp3) is 0.345. The molecule has 0 radical (unpaired) electrons. The van der Waals surface area contributed by atoms with Crippen molar-refractivity contribution in [2.24, 2.45) is 0 Å². The number of anilines is 1. The molecule has 0 aliphatic heterocycles. The summed E-state index contributed by atoms with van der Waals surface area (Å²) >= 11 is 1.10. The van der Waals surface area contributed by atoms with Gasteiger partial charge in [0.15, 0.2) is 8.32 Å². The molecule has 2 atom stereocenters. The second-order valence-electron chi connectivity index (χ2n) is 11.6. The lowest BCUT2D eigenvalue weighted by molar-refractivity contribution is -0.137. The lowest BCUT2D eigenvalue weighted by Crippen LogP contribution is -2.50. The summed E-state index contributed by atoms with van der Waals surface area (Å²) in [5.74, 6) is -1.70. The van der Waals surface area contributed by atoms with Gasteiger partial charge in [-0.15, -0.1) is 10.2 Å². The third-order valence-corrected chi connectivity index (χ3v) is 13.0. The quantitative estimate of drug-likeness (QED) is 0.168. The van der Waals surface area contributed by atoms with E-state index < -0.39 is 44.0 Å². The number of aromatic nitrogens is 3. The first-order valence-corrected chi connectivity index (χ1v) is 17.1. The highest BCUT2D eigenvalue weighted by atomic mass is 32.1. The molecule has 0 spiro atoms. The fourth-order valence-electron chi connectivity index (χ4n) is 4.09. The zero-order valence-corrected chi connectivity index (χ0v) is 26.0. The van der Waals surface area contributed by atoms with E-state index in [4.69, 9.17) is 4.43 Å². The van der Waals surface area contributed by atoms with E-state index in [1.165, 1.54) is 12.1 Å². The molecule has 2 amide bonds. The number of nitrogens with one attached hydrogen (secondary N) is 2. The van der Waals surface area contributed by atoms with Crippen LogP contribution in [0.15, 0.2) is 60.9 Å². The predicted molar refractivity (Wildman–Crippen MR) is 162 cm³/mol. The molecule has 9 nitrogen and oxygen atoms in total. The predicted octanol–water partition coefficient (Wildman–Crippen LogP) is 7.15. The molecule has 43 heavy (non-hydrogen) atoms. The second-order valence-corrected chi connectivity index (χ2v) is 17.4. The Hall–Kier alpha value is -3.88. The second kappa shape index (κ2) is 12.4. The minimum atomic E-state index is -4.56. The fourth-order valence-corrected chi connectivity index (χ4v) is 5.86. The van der Waals surface area contributed by atoms with Gasteiger partial charge in [0.2, 0.25) is 11.0 Å². The molecule has 0 saturated heterocycles. The number of pyridine rings is 1. The van der Waals surface area contributed by atoms with Crippen LogP contribution in [0, 0.1) is 0 Å². The Morgan fingerprint density at radius 1 is 1.02 bits per heavy atom. The molecule has 0 saturated carbocycles. The molecule has 4 aromatic rings. The summed E-state index contributed by atoms with van der Waals surface area (Å²) in [7, 11) is -2.40. The number of hydrogen-bond donors (Lipinski definition) is 3. The molecule has 0 bridgehead atoms. The van der Waals surface area contributed by atoms with Crippen LogP contribution in [0.5, 0.6) is 0 Å². The van der Waals surface area contributed by atoms with Gasteiger partial charge in [-0.05, 0) is 53.3 Å². The first kappa shape index (κ1) is 32.0. The molecule has 0 fully saturated rings. The summed E-state index contributed by atoms with van der Waals surface area (Å²) in [6.45, 7) is 9.93. The molecule has 2 aromatic carbocycles. The average Bonchev–Trinajstić information content (AvgIpc) is 3.39. The van der Waals surface area contributed by atoms with Crippen molar-refractivity contribution in [2.75, 3.05) is 11.9 Å². The summed E-state index contributed by atoms with van der Waals surface area (Å²) in [6.07, 6.45) is -2.62. The number of carboxylic acid groups (broad SMARTS) is 1. The summed E-state index contributed by atoms with van der Waals surface area (Å²) in [4.78, 5) is 29.5. The number of benzene rings is 2. The van der Waals surface area contributed by atoms with Crippen molar-refractivity contribution in [2.45, 2.75) is 57.0 Å². The van der Waals surface area contributed by atoms with Gasteiger partial charge in [-0.3, -0.25) is 15.1 Å². The van der Waals surface area contributed by atoms with Crippen LogP contribution in [0.2, 0.25) is 18.1 Å². The Morgan fingerprint density at radius 2 is 1.72 bits per heavy atom. The molecular formula is C29H32F3N5O4SSi. The monoisotopic (exact) mass is 631 g/mol. The van der Waals surface area contributed by atoms with E-state index in [2.05, 4.69) is 25.8 Å². The highest BCUT2D eigenvalue weighted by Crippen LogP contribution is 2.38. The smallest absolute Gasteiger partial charge is 0.416 e. The number of carbonyl (C=O) groups is 2. The summed E-state index contributed by atoms with van der Waals surface area (Å²) in [5.41, 5.74) is 0.213. The van der Waals surface area contributed by atoms with Crippen molar-refractivity contribution in [1.29, 1.82) is 0 Å². The number of nitrogens with zero attached hydrogens (tertiary/aromatic N) is 3. The molecule has 0 aliphatic carbocycles. The van der Waals surface area contributed by atoms with Crippen LogP contribution in [-0.4, -0.2) is 53.3 Å². The number of amides is 2. The number of fused-ring (bicyclic) bond motifs is 1. The number of hydrogen-bond acceptors (Lipinski definition) is 7. The van der Waals surface area contributed by atoms with Crippen molar-refractivity contribution in [3.8, 4) is 10.6 Å². The largest absolute Gasteiger partial charge is 0.465 e. The molecule has 0 unspecified atom stereocenters. The normalized spacial score (nSPS) is 13.9. The standard InChI is InChI=1S/C29H32F3N5O4SSi/c1-28(2,3)43(4,5)41-16-22(17-8-10-21(11-9-17)29(30,31)32)23(34-27(39)40)24(38)35-26-37-36-25(42-26)19-6-7-20-15-33-13-12-18(20)14-19/h6-15,22-23,34H,16H2,1-5H3,(H,39,40)(H,35,37,38)/t22-,23+/m1/s1. The van der Waals surface area contributed by atoms with Gasteiger partial charge in [-0.2, -0.15) is 13.2 Å². The van der Waals surface area contributed by atoms with Crippen molar-refractivity contribution in [3.63, 3.8) is 0 Å². The first-order chi connectivity index (χ1) is 20.0. The van der Waals surface area contributed by atoms with Gasteiger partial charge in [0.1, 0.15) is 11.0 Å². The summed E-state index contributed by atoms with van der Waals surface area (Å²) < 4.78 is 46.2. The minimum absolute atomic E-state index is 0.104. The van der Waals surface area contributed by atoms with Crippen LogP contribution >= 0.6 is 11.3 Å². The van der Waals surface area contributed by atoms with E-state index >= 15 is 0 Å². The van der Waals surface area contributed by atoms with Crippen LogP contribution in [0.1, 0.15) is 37.8 Å². The first-order valence-electron chi connectivity index (χ1n) is 13.3. The molecule has 4 rings (SSSR count). The maximum Gasteiger partial charge on any atom is 0.416 e. The molecule has 3 N–H and O–H groups in total. The van der Waals surface area contributed by atoms with Gasteiger partial charge in [0.25, 0.3) is 0 Å². The average molecular weight is 632 g/mol. The zero-order chi connectivity index (χ0) is 31.6. The van der Waals surface area contributed by atoms with E-state index in [1.807, 2.05) is 58.1 Å². The highest BCUT2D eigenvalue weighted by Gasteiger charge is 2.40. The van der Waals surface area contributed by atoms with Gasteiger partial charge in [-0.25, -0.2) is 4.79 Å². The summed E-state index contributed by atoms with van der Waals surface area (Å²) in [6, 6.07) is 10.4. The summed E-state index contributed by atoms with van der Waals surface area (Å²) in [5, 5.41) is 25.1. The number of rotatable bonds is 9. The SMILES string of the molecule is CC(C)(C)[Si](C)(C)OC[C@H](c1ccc(C(F)(F)F)cc1)[C@H](NC(=O)O)C(=O)Nc1nnc(-c2ccc3cnccc3c2)s1. The molecule has 0 aliphatic rings. The maximum atomic E-state index is 13.6. The Labute approximate surface area is 251 Å². The van der Waals surface area contributed by atoms with E-state index in [0.717, 1.165) is 39.8 Å². The molecule has 2 heterocycles. The topological polar surface area (TPSA) is 126 Å². The Kier molecular flexibility index (Phi) is 9.23. The van der Waals surface area contributed by atoms with E-state index in [9.17, 15) is 27.9 Å². The van der Waals surface area contributed by atoms with Gasteiger partial charge in [-0.1, -0.05) is 56.4 Å². The Balaban J connectivity index is 1.64. The van der Waals surface area contributed by atoms with E-state index in [-0.39, 0.29) is 16.8 Å². The van der Waals surface area contributed by atoms with Crippen LogP contribution in [0.25, 0.3) is 21.3 Å². The van der Waals surface area contributed by atoms with Crippen molar-refractivity contribution < 1.29 is 32.3 Å². The van der Waals surface area contributed by atoms with Crippen LogP contribution in [0.4, 0.5) is 23.1 Å². The third-order valence-electron chi connectivity index (χ3n) is 7.60. The van der Waals surface area contributed by atoms with Crippen molar-refractivity contribution >= 4 is 47.6 Å². The molecule has 2 aromatic heterocycles. The van der Waals surface area contributed by atoms with Gasteiger partial charge < -0.3 is 14.8 Å². The van der Waals surface area contributed by atoms with Gasteiger partial charge >= 0.3 is 12.3 Å². The van der Waals surface area contributed by atoms with Crippen LogP contribution in [0.3, 0.4) is 0 Å². The van der Waals surface area contributed by atoms with Crippen molar-refractivity contribution in [3.05, 3.63) is 72.1 Å². The third kappa shape index (κ3) is 7.75. The lowest BCUT2D eigenvalue weighted by atomic mass is 9.91. The van der Waals surface area contributed by atoms with Crippen LogP contribution < -0.4 is 10.6 Å².